The van der Waals surface area contributed by atoms with Gasteiger partial charge in [0.05, 0.1) is 11.2 Å². The molecule has 1 rings (SSSR count). The van der Waals surface area contributed by atoms with Gasteiger partial charge in [-0.3, -0.25) is 0 Å². The molecular formula is C12H25NO. The summed E-state index contributed by atoms with van der Waals surface area (Å²) in [5.41, 5.74) is -0.0869. The first-order valence-corrected chi connectivity index (χ1v) is 5.63. The van der Waals surface area contributed by atoms with E-state index in [0.717, 1.165) is 0 Å². The summed E-state index contributed by atoms with van der Waals surface area (Å²) in [6, 6.07) is 0.571. The SMILES string of the molecule is CN1CCCC1C(C)(C)OC(C)(C)C. The molecule has 0 aliphatic carbocycles. The number of nitrogens with zero attached hydrogens (tertiary/aromatic N) is 1. The van der Waals surface area contributed by atoms with Gasteiger partial charge in [-0.15, -0.1) is 0 Å². The maximum atomic E-state index is 6.14. The number of hydrogen-bond acceptors (Lipinski definition) is 2. The molecule has 1 aliphatic heterocycles. The van der Waals surface area contributed by atoms with E-state index in [9.17, 15) is 0 Å². The van der Waals surface area contributed by atoms with Crippen molar-refractivity contribution in [1.82, 2.24) is 4.90 Å². The van der Waals surface area contributed by atoms with Crippen LogP contribution in [0.15, 0.2) is 0 Å². The minimum absolute atomic E-state index is 0.0382. The van der Waals surface area contributed by atoms with Crippen molar-refractivity contribution >= 4 is 0 Å². The predicted molar refractivity (Wildman–Crippen MR) is 60.6 cm³/mol. The lowest BCUT2D eigenvalue weighted by molar-refractivity contribution is -0.141. The Labute approximate surface area is 88.6 Å². The molecule has 0 aromatic carbocycles. The third-order valence-electron chi connectivity index (χ3n) is 2.89. The minimum Gasteiger partial charge on any atom is -0.368 e. The van der Waals surface area contributed by atoms with E-state index >= 15 is 0 Å². The summed E-state index contributed by atoms with van der Waals surface area (Å²) >= 11 is 0. The fraction of sp³-hybridized carbons (Fsp3) is 1.00. The largest absolute Gasteiger partial charge is 0.368 e. The monoisotopic (exact) mass is 199 g/mol. The lowest BCUT2D eigenvalue weighted by Gasteiger charge is -2.40. The van der Waals surface area contributed by atoms with Crippen LogP contribution < -0.4 is 0 Å². The molecule has 2 nitrogen and oxygen atoms in total. The van der Waals surface area contributed by atoms with E-state index in [4.69, 9.17) is 4.74 Å². The Morgan fingerprint density at radius 3 is 2.07 bits per heavy atom. The maximum Gasteiger partial charge on any atom is 0.0787 e. The van der Waals surface area contributed by atoms with Crippen molar-refractivity contribution in [2.45, 2.75) is 64.7 Å². The van der Waals surface area contributed by atoms with Crippen LogP contribution in [0, 0.1) is 0 Å². The Morgan fingerprint density at radius 1 is 1.14 bits per heavy atom. The zero-order valence-corrected chi connectivity index (χ0v) is 10.6. The second-order valence-corrected chi connectivity index (χ2v) is 5.96. The summed E-state index contributed by atoms with van der Waals surface area (Å²) in [4.78, 5) is 2.42. The van der Waals surface area contributed by atoms with Gasteiger partial charge in [-0.2, -0.15) is 0 Å². The van der Waals surface area contributed by atoms with Gasteiger partial charge in [-0.25, -0.2) is 0 Å². The van der Waals surface area contributed by atoms with Gasteiger partial charge in [0, 0.05) is 6.04 Å². The summed E-state index contributed by atoms with van der Waals surface area (Å²) in [5.74, 6) is 0. The van der Waals surface area contributed by atoms with Crippen molar-refractivity contribution < 1.29 is 4.74 Å². The van der Waals surface area contributed by atoms with E-state index in [1.165, 1.54) is 19.4 Å². The van der Waals surface area contributed by atoms with Crippen molar-refractivity contribution in [3.8, 4) is 0 Å². The summed E-state index contributed by atoms with van der Waals surface area (Å²) in [6.45, 7) is 12.0. The molecule has 0 aromatic heterocycles. The van der Waals surface area contributed by atoms with Crippen molar-refractivity contribution in [2.24, 2.45) is 0 Å². The van der Waals surface area contributed by atoms with Crippen LogP contribution in [0.2, 0.25) is 0 Å². The molecule has 0 bridgehead atoms. The van der Waals surface area contributed by atoms with E-state index in [1.807, 2.05) is 0 Å². The van der Waals surface area contributed by atoms with Crippen LogP contribution in [0.3, 0.4) is 0 Å². The molecule has 1 atom stereocenters. The zero-order valence-electron chi connectivity index (χ0n) is 10.6. The van der Waals surface area contributed by atoms with Crippen molar-refractivity contribution in [2.75, 3.05) is 13.6 Å². The normalized spacial score (nSPS) is 25.7. The quantitative estimate of drug-likeness (QED) is 0.678. The third kappa shape index (κ3) is 2.96. The van der Waals surface area contributed by atoms with Crippen LogP contribution in [-0.4, -0.2) is 35.7 Å². The second-order valence-electron chi connectivity index (χ2n) is 5.96. The predicted octanol–water partition coefficient (Wildman–Crippen LogP) is 2.67. The van der Waals surface area contributed by atoms with Gasteiger partial charge in [0.1, 0.15) is 0 Å². The van der Waals surface area contributed by atoms with Crippen molar-refractivity contribution in [1.29, 1.82) is 0 Å². The molecule has 1 fully saturated rings. The second kappa shape index (κ2) is 3.82. The molecule has 0 saturated carbocycles. The van der Waals surface area contributed by atoms with E-state index in [2.05, 4.69) is 46.6 Å². The lowest BCUT2D eigenvalue weighted by Crippen LogP contribution is -2.49. The van der Waals surface area contributed by atoms with Crippen LogP contribution in [0.5, 0.6) is 0 Å². The summed E-state index contributed by atoms with van der Waals surface area (Å²) in [7, 11) is 2.20. The molecule has 1 unspecified atom stereocenters. The number of ether oxygens (including phenoxy) is 1. The highest BCUT2D eigenvalue weighted by molar-refractivity contribution is 4.92. The standard InChI is InChI=1S/C12H25NO/c1-11(2,3)14-12(4,5)10-8-7-9-13(10)6/h10H,7-9H2,1-6H3. The fourth-order valence-corrected chi connectivity index (χ4v) is 2.65. The number of likely N-dealkylation sites (tertiary alicyclic amines) is 1. The molecule has 0 radical (unpaired) electrons. The molecule has 1 aliphatic rings. The maximum absolute atomic E-state index is 6.14. The van der Waals surface area contributed by atoms with Gasteiger partial charge in [0.25, 0.3) is 0 Å². The topological polar surface area (TPSA) is 12.5 Å². The van der Waals surface area contributed by atoms with Crippen LogP contribution >= 0.6 is 0 Å². The summed E-state index contributed by atoms with van der Waals surface area (Å²) < 4.78 is 6.14. The molecule has 1 heterocycles. The van der Waals surface area contributed by atoms with E-state index in [0.29, 0.717) is 6.04 Å². The van der Waals surface area contributed by atoms with Crippen molar-refractivity contribution in [3.05, 3.63) is 0 Å². The number of rotatable bonds is 2. The highest BCUT2D eigenvalue weighted by atomic mass is 16.5. The Kier molecular flexibility index (Phi) is 3.27. The molecule has 0 amide bonds. The van der Waals surface area contributed by atoms with Gasteiger partial charge in [0.2, 0.25) is 0 Å². The molecular weight excluding hydrogens is 174 g/mol. The van der Waals surface area contributed by atoms with Gasteiger partial charge >= 0.3 is 0 Å². The Bertz CT molecular complexity index is 193. The number of likely N-dealkylation sites (N-methyl/N-ethyl adjacent to an activating group) is 1. The highest BCUT2D eigenvalue weighted by Crippen LogP contribution is 2.31. The first-order valence-electron chi connectivity index (χ1n) is 5.63. The van der Waals surface area contributed by atoms with Crippen LogP contribution in [0.4, 0.5) is 0 Å². The average molecular weight is 199 g/mol. The van der Waals surface area contributed by atoms with Gasteiger partial charge in [-0.05, 0) is 61.1 Å². The first kappa shape index (κ1) is 12.0. The summed E-state index contributed by atoms with van der Waals surface area (Å²) in [6.07, 6.45) is 2.57. The molecule has 84 valence electrons. The zero-order chi connectivity index (χ0) is 11.0. The van der Waals surface area contributed by atoms with Gasteiger partial charge in [0.15, 0.2) is 0 Å². The van der Waals surface area contributed by atoms with Gasteiger partial charge in [-0.1, -0.05) is 0 Å². The number of hydrogen-bond donors (Lipinski definition) is 0. The highest BCUT2D eigenvalue weighted by Gasteiger charge is 2.38. The Balaban J connectivity index is 2.64. The molecule has 14 heavy (non-hydrogen) atoms. The van der Waals surface area contributed by atoms with E-state index in [1.54, 1.807) is 0 Å². The molecule has 2 heteroatoms. The van der Waals surface area contributed by atoms with Crippen LogP contribution in [-0.2, 0) is 4.74 Å². The molecule has 0 spiro atoms. The fourth-order valence-electron chi connectivity index (χ4n) is 2.65. The average Bonchev–Trinajstić information content (AvgIpc) is 2.29. The first-order chi connectivity index (χ1) is 6.22. The van der Waals surface area contributed by atoms with Crippen LogP contribution in [0.25, 0.3) is 0 Å². The smallest absolute Gasteiger partial charge is 0.0787 e. The lowest BCUT2D eigenvalue weighted by atomic mass is 9.95. The Morgan fingerprint density at radius 2 is 1.71 bits per heavy atom. The van der Waals surface area contributed by atoms with Gasteiger partial charge < -0.3 is 9.64 Å². The molecule has 1 saturated heterocycles. The van der Waals surface area contributed by atoms with Crippen molar-refractivity contribution in [3.63, 3.8) is 0 Å². The minimum atomic E-state index is -0.0487. The molecule has 0 aromatic rings. The third-order valence-corrected chi connectivity index (χ3v) is 2.89. The molecule has 0 N–H and O–H groups in total. The van der Waals surface area contributed by atoms with E-state index < -0.39 is 0 Å². The van der Waals surface area contributed by atoms with Crippen LogP contribution in [0.1, 0.15) is 47.5 Å². The Hall–Kier alpha value is -0.0800. The summed E-state index contributed by atoms with van der Waals surface area (Å²) in [5, 5.41) is 0. The van der Waals surface area contributed by atoms with E-state index in [-0.39, 0.29) is 11.2 Å².